The highest BCUT2D eigenvalue weighted by Crippen LogP contribution is 2.04. The molecule has 1 aromatic rings. The molecule has 1 aromatic heterocycles. The molecule has 0 aliphatic carbocycles. The molecule has 2 amide bonds. The first-order chi connectivity index (χ1) is 8.63. The van der Waals surface area contributed by atoms with Gasteiger partial charge in [-0.05, 0) is 13.3 Å². The van der Waals surface area contributed by atoms with Gasteiger partial charge in [-0.1, -0.05) is 26.2 Å². The van der Waals surface area contributed by atoms with E-state index in [0.717, 1.165) is 12.2 Å². The van der Waals surface area contributed by atoms with Gasteiger partial charge in [0, 0.05) is 25.5 Å². The zero-order chi connectivity index (χ0) is 13.4. The lowest BCUT2D eigenvalue weighted by atomic mass is 10.1. The summed E-state index contributed by atoms with van der Waals surface area (Å²) in [6.45, 7) is 4.73. The normalized spacial score (nSPS) is 12.2. The quantitative estimate of drug-likeness (QED) is 0.732. The maximum atomic E-state index is 11.9. The van der Waals surface area contributed by atoms with Crippen molar-refractivity contribution in [2.75, 3.05) is 7.05 Å². The third-order valence-electron chi connectivity index (χ3n) is 2.90. The molecule has 102 valence electrons. The molecule has 0 aromatic carbocycles. The van der Waals surface area contributed by atoms with Gasteiger partial charge in [0.1, 0.15) is 5.82 Å². The zero-order valence-electron chi connectivity index (χ0n) is 11.6. The Bertz CT molecular complexity index is 337. The largest absolute Gasteiger partial charge is 0.347 e. The topological polar surface area (TPSA) is 61.0 Å². The predicted molar refractivity (Wildman–Crippen MR) is 72.2 cm³/mol. The van der Waals surface area contributed by atoms with Crippen LogP contribution in [0.25, 0.3) is 0 Å². The van der Waals surface area contributed by atoms with E-state index in [-0.39, 0.29) is 12.1 Å². The first-order valence-corrected chi connectivity index (χ1v) is 6.63. The van der Waals surface area contributed by atoms with Crippen molar-refractivity contribution in [2.24, 2.45) is 0 Å². The van der Waals surface area contributed by atoms with Crippen LogP contribution in [0.5, 0.6) is 0 Å². The molecule has 1 atom stereocenters. The summed E-state index contributed by atoms with van der Waals surface area (Å²) in [7, 11) is 1.77. The summed E-state index contributed by atoms with van der Waals surface area (Å²) in [5.41, 5.74) is 0. The van der Waals surface area contributed by atoms with Crippen LogP contribution >= 0.6 is 0 Å². The second-order valence-electron chi connectivity index (χ2n) is 4.74. The monoisotopic (exact) mass is 252 g/mol. The molecule has 1 rings (SSSR count). The zero-order valence-corrected chi connectivity index (χ0v) is 11.6. The highest BCUT2D eigenvalue weighted by molar-refractivity contribution is 5.74. The van der Waals surface area contributed by atoms with Gasteiger partial charge in [-0.3, -0.25) is 0 Å². The Balaban J connectivity index is 2.26. The molecule has 2 N–H and O–H groups in total. The van der Waals surface area contributed by atoms with E-state index < -0.39 is 0 Å². The van der Waals surface area contributed by atoms with Crippen LogP contribution in [-0.4, -0.2) is 34.0 Å². The molecule has 0 saturated heterocycles. The Hall–Kier alpha value is -1.52. The van der Waals surface area contributed by atoms with Crippen LogP contribution in [0, 0.1) is 0 Å². The van der Waals surface area contributed by atoms with Crippen molar-refractivity contribution < 1.29 is 4.79 Å². The molecule has 0 bridgehead atoms. The number of urea groups is 1. The van der Waals surface area contributed by atoms with Gasteiger partial charge in [-0.25, -0.2) is 9.78 Å². The van der Waals surface area contributed by atoms with Crippen LogP contribution in [-0.2, 0) is 6.54 Å². The summed E-state index contributed by atoms with van der Waals surface area (Å²) in [6.07, 6.45) is 8.08. The molecule has 0 saturated carbocycles. The molecule has 0 unspecified atom stereocenters. The molecular weight excluding hydrogens is 228 g/mol. The van der Waals surface area contributed by atoms with E-state index in [1.165, 1.54) is 19.3 Å². The third kappa shape index (κ3) is 5.21. The molecule has 0 spiro atoms. The number of unbranched alkanes of at least 4 members (excludes halogenated alkanes) is 2. The number of nitrogens with zero attached hydrogens (tertiary/aromatic N) is 2. The third-order valence-corrected chi connectivity index (χ3v) is 2.90. The van der Waals surface area contributed by atoms with Crippen molar-refractivity contribution in [3.63, 3.8) is 0 Å². The minimum atomic E-state index is -0.0459. The number of amides is 2. The van der Waals surface area contributed by atoms with E-state index >= 15 is 0 Å². The van der Waals surface area contributed by atoms with Crippen molar-refractivity contribution in [3.8, 4) is 0 Å². The number of carbonyl (C=O) groups excluding carboxylic acids is 1. The fourth-order valence-electron chi connectivity index (χ4n) is 1.77. The Kier molecular flexibility index (Phi) is 6.25. The number of hydrogen-bond acceptors (Lipinski definition) is 2. The molecule has 1 heterocycles. The van der Waals surface area contributed by atoms with Gasteiger partial charge in [0.25, 0.3) is 0 Å². The summed E-state index contributed by atoms with van der Waals surface area (Å²) < 4.78 is 0. The summed E-state index contributed by atoms with van der Waals surface area (Å²) in [4.78, 5) is 20.6. The molecule has 5 heteroatoms. The van der Waals surface area contributed by atoms with E-state index in [1.54, 1.807) is 24.3 Å². The summed E-state index contributed by atoms with van der Waals surface area (Å²) in [6, 6.07) is 0.179. The number of rotatable bonds is 7. The number of nitrogens with one attached hydrogen (secondary N) is 2. The molecule has 0 radical (unpaired) electrons. The predicted octanol–water partition coefficient (Wildman–Crippen LogP) is 2.52. The lowest BCUT2D eigenvalue weighted by Gasteiger charge is -2.20. The Morgan fingerprint density at radius 3 is 2.94 bits per heavy atom. The molecule has 0 aliphatic heterocycles. The molecule has 18 heavy (non-hydrogen) atoms. The molecule has 0 fully saturated rings. The summed E-state index contributed by atoms with van der Waals surface area (Å²) >= 11 is 0. The van der Waals surface area contributed by atoms with E-state index in [2.05, 4.69) is 22.2 Å². The van der Waals surface area contributed by atoms with Crippen molar-refractivity contribution in [2.45, 2.75) is 52.1 Å². The van der Waals surface area contributed by atoms with E-state index in [1.807, 2.05) is 6.92 Å². The highest BCUT2D eigenvalue weighted by atomic mass is 16.2. The van der Waals surface area contributed by atoms with Crippen LogP contribution in [0.3, 0.4) is 0 Å². The second-order valence-corrected chi connectivity index (χ2v) is 4.74. The van der Waals surface area contributed by atoms with Crippen LogP contribution in [0.2, 0.25) is 0 Å². The first kappa shape index (κ1) is 14.5. The number of H-pyrrole nitrogens is 1. The SMILES string of the molecule is CCCCC[C@@H](C)NC(=O)N(C)Cc1ncc[nH]1. The summed E-state index contributed by atoms with van der Waals surface area (Å²) in [5, 5.41) is 3.00. The average Bonchev–Trinajstić information content (AvgIpc) is 2.82. The van der Waals surface area contributed by atoms with Crippen LogP contribution < -0.4 is 5.32 Å². The Morgan fingerprint density at radius 2 is 2.33 bits per heavy atom. The van der Waals surface area contributed by atoms with Crippen molar-refractivity contribution in [1.29, 1.82) is 0 Å². The lowest BCUT2D eigenvalue weighted by molar-refractivity contribution is 0.201. The van der Waals surface area contributed by atoms with Gasteiger partial charge in [0.15, 0.2) is 0 Å². The number of imidazole rings is 1. The van der Waals surface area contributed by atoms with Gasteiger partial charge in [-0.15, -0.1) is 0 Å². The minimum Gasteiger partial charge on any atom is -0.347 e. The Morgan fingerprint density at radius 1 is 1.56 bits per heavy atom. The lowest BCUT2D eigenvalue weighted by Crippen LogP contribution is -2.41. The highest BCUT2D eigenvalue weighted by Gasteiger charge is 2.12. The minimum absolute atomic E-state index is 0.0459. The standard InChI is InChI=1S/C13H24N4O/c1-4-5-6-7-11(2)16-13(18)17(3)10-12-14-8-9-15-12/h8-9,11H,4-7,10H2,1-3H3,(H,14,15)(H,16,18)/t11-/m1/s1. The van der Waals surface area contributed by atoms with Crippen LogP contribution in [0.15, 0.2) is 12.4 Å². The van der Waals surface area contributed by atoms with Gasteiger partial charge in [-0.2, -0.15) is 0 Å². The van der Waals surface area contributed by atoms with Gasteiger partial charge in [0.05, 0.1) is 6.54 Å². The van der Waals surface area contributed by atoms with Gasteiger partial charge in [0.2, 0.25) is 0 Å². The van der Waals surface area contributed by atoms with Crippen molar-refractivity contribution >= 4 is 6.03 Å². The van der Waals surface area contributed by atoms with Crippen molar-refractivity contribution in [1.82, 2.24) is 20.2 Å². The number of carbonyl (C=O) groups is 1. The number of hydrogen-bond donors (Lipinski definition) is 2. The van der Waals surface area contributed by atoms with Crippen molar-refractivity contribution in [3.05, 3.63) is 18.2 Å². The second kappa shape index (κ2) is 7.74. The number of aromatic nitrogens is 2. The maximum absolute atomic E-state index is 11.9. The van der Waals surface area contributed by atoms with Crippen LogP contribution in [0.4, 0.5) is 4.79 Å². The van der Waals surface area contributed by atoms with Gasteiger partial charge < -0.3 is 15.2 Å². The fourth-order valence-corrected chi connectivity index (χ4v) is 1.77. The first-order valence-electron chi connectivity index (χ1n) is 6.63. The average molecular weight is 252 g/mol. The molecule has 5 nitrogen and oxygen atoms in total. The van der Waals surface area contributed by atoms with E-state index in [9.17, 15) is 4.79 Å². The number of aromatic amines is 1. The molecular formula is C13H24N4O. The Labute approximate surface area is 109 Å². The van der Waals surface area contributed by atoms with E-state index in [0.29, 0.717) is 6.54 Å². The smallest absolute Gasteiger partial charge is 0.317 e. The maximum Gasteiger partial charge on any atom is 0.317 e. The fraction of sp³-hybridized carbons (Fsp3) is 0.692. The van der Waals surface area contributed by atoms with Gasteiger partial charge >= 0.3 is 6.03 Å². The summed E-state index contributed by atoms with van der Waals surface area (Å²) in [5.74, 6) is 0.797. The van der Waals surface area contributed by atoms with Crippen LogP contribution in [0.1, 0.15) is 45.4 Å². The van der Waals surface area contributed by atoms with E-state index in [4.69, 9.17) is 0 Å². The molecule has 0 aliphatic rings.